The Morgan fingerprint density at radius 2 is 2.03 bits per heavy atom. The van der Waals surface area contributed by atoms with Gasteiger partial charge in [-0.05, 0) is 38.1 Å². The van der Waals surface area contributed by atoms with E-state index in [0.29, 0.717) is 0 Å². The third-order valence-corrected chi connectivity index (χ3v) is 7.63. The summed E-state index contributed by atoms with van der Waals surface area (Å²) in [6.07, 6.45) is 0. The molecule has 0 spiro atoms. The topological polar surface area (TPSA) is 85.2 Å². The zero-order valence-corrected chi connectivity index (χ0v) is 20.8. The largest absolute Gasteiger partial charge is 0.378 e. The Bertz CT molecular complexity index is 1310. The molecule has 176 valence electrons. The number of fused-ring (bicyclic) bond motifs is 1. The van der Waals surface area contributed by atoms with Gasteiger partial charge in [-0.2, -0.15) is 0 Å². The molecule has 0 saturated carbocycles. The highest BCUT2D eigenvalue weighted by Gasteiger charge is 2.17. The lowest BCUT2D eigenvalue weighted by Gasteiger charge is -2.25. The van der Waals surface area contributed by atoms with E-state index < -0.39 is 0 Å². The number of amides is 1. The summed E-state index contributed by atoms with van der Waals surface area (Å²) < 4.78 is 8.53. The van der Waals surface area contributed by atoms with E-state index in [2.05, 4.69) is 46.4 Å². The number of thioether (sulfide) groups is 1. The first kappa shape index (κ1) is 22.8. The number of carbonyl (C=O) groups is 1. The summed E-state index contributed by atoms with van der Waals surface area (Å²) in [4.78, 5) is 19.7. The molecule has 3 heterocycles. The van der Waals surface area contributed by atoms with Gasteiger partial charge in [0.05, 0.1) is 29.2 Å². The van der Waals surface area contributed by atoms with Gasteiger partial charge < -0.3 is 19.5 Å². The number of thiazole rings is 1. The molecule has 1 N–H and O–H groups in total. The number of nitrogens with one attached hydrogen (secondary N) is 1. The number of hydrogen-bond acceptors (Lipinski definition) is 8. The molecule has 1 fully saturated rings. The summed E-state index contributed by atoms with van der Waals surface area (Å²) in [5, 5.41) is 13.5. The minimum absolute atomic E-state index is 0.0787. The first-order chi connectivity index (χ1) is 16.6. The molecule has 0 radical (unpaired) electrons. The van der Waals surface area contributed by atoms with Crippen LogP contribution in [0.5, 0.6) is 0 Å². The van der Waals surface area contributed by atoms with Gasteiger partial charge in [0.15, 0.2) is 16.1 Å². The molecule has 5 rings (SSSR count). The maximum atomic E-state index is 12.7. The van der Waals surface area contributed by atoms with Gasteiger partial charge in [0, 0.05) is 30.9 Å². The van der Waals surface area contributed by atoms with Crippen molar-refractivity contribution in [1.29, 1.82) is 0 Å². The average molecular weight is 495 g/mol. The highest BCUT2D eigenvalue weighted by atomic mass is 32.2. The molecule has 10 heteroatoms. The number of carbonyl (C=O) groups excluding carboxylic acids is 1. The van der Waals surface area contributed by atoms with Gasteiger partial charge in [0.2, 0.25) is 5.91 Å². The average Bonchev–Trinajstić information content (AvgIpc) is 3.47. The monoisotopic (exact) mass is 494 g/mol. The molecule has 2 aromatic carbocycles. The summed E-state index contributed by atoms with van der Waals surface area (Å²) in [7, 11) is 0. The van der Waals surface area contributed by atoms with Crippen LogP contribution in [-0.2, 0) is 16.1 Å². The quantitative estimate of drug-likeness (QED) is 0.380. The number of ether oxygens (including phenoxy) is 1. The van der Waals surface area contributed by atoms with Crippen molar-refractivity contribution in [1.82, 2.24) is 19.7 Å². The van der Waals surface area contributed by atoms with Crippen molar-refractivity contribution >= 4 is 50.0 Å². The van der Waals surface area contributed by atoms with E-state index in [-0.39, 0.29) is 11.7 Å². The number of nitrogens with zero attached hydrogens (tertiary/aromatic N) is 5. The van der Waals surface area contributed by atoms with Crippen LogP contribution in [0.3, 0.4) is 0 Å². The number of anilines is 2. The second kappa shape index (κ2) is 10.1. The van der Waals surface area contributed by atoms with Gasteiger partial charge in [0.25, 0.3) is 0 Å². The van der Waals surface area contributed by atoms with Crippen molar-refractivity contribution < 1.29 is 9.53 Å². The first-order valence-corrected chi connectivity index (χ1v) is 13.1. The van der Waals surface area contributed by atoms with E-state index in [1.807, 2.05) is 34.9 Å². The molecule has 1 aliphatic heterocycles. The molecule has 2 aromatic heterocycles. The van der Waals surface area contributed by atoms with E-state index in [1.165, 1.54) is 17.3 Å². The second-order valence-corrected chi connectivity index (χ2v) is 9.99. The van der Waals surface area contributed by atoms with Gasteiger partial charge in [-0.1, -0.05) is 46.9 Å². The Labute approximate surface area is 206 Å². The highest BCUT2D eigenvalue weighted by Crippen LogP contribution is 2.31. The predicted octanol–water partition coefficient (Wildman–Crippen LogP) is 4.45. The summed E-state index contributed by atoms with van der Waals surface area (Å²) in [6, 6.07) is 14.1. The van der Waals surface area contributed by atoms with Gasteiger partial charge in [-0.25, -0.2) is 4.98 Å². The number of aryl methyl sites for hydroxylation is 1. The van der Waals surface area contributed by atoms with Crippen LogP contribution in [0, 0.1) is 6.92 Å². The van der Waals surface area contributed by atoms with Crippen LogP contribution in [0.25, 0.3) is 21.6 Å². The Morgan fingerprint density at radius 3 is 2.82 bits per heavy atom. The summed E-state index contributed by atoms with van der Waals surface area (Å²) in [5.74, 6) is 0.997. The van der Waals surface area contributed by atoms with Crippen LogP contribution < -0.4 is 10.2 Å². The number of morpholine rings is 1. The normalized spacial score (nSPS) is 14.0. The van der Waals surface area contributed by atoms with E-state index in [1.54, 1.807) is 11.3 Å². The Morgan fingerprint density at radius 1 is 1.18 bits per heavy atom. The van der Waals surface area contributed by atoms with Crippen LogP contribution >= 0.6 is 23.1 Å². The van der Waals surface area contributed by atoms with Crippen molar-refractivity contribution in [3.8, 4) is 11.4 Å². The molecule has 8 nitrogen and oxygen atoms in total. The molecule has 0 unspecified atom stereocenters. The van der Waals surface area contributed by atoms with Crippen molar-refractivity contribution in [2.45, 2.75) is 25.5 Å². The number of hydrogen-bond donors (Lipinski definition) is 1. The zero-order chi connectivity index (χ0) is 23.5. The molecule has 4 aromatic rings. The first-order valence-electron chi connectivity index (χ1n) is 11.3. The van der Waals surface area contributed by atoms with Crippen molar-refractivity contribution in [2.75, 3.05) is 42.3 Å². The molecule has 0 bridgehead atoms. The number of rotatable bonds is 7. The van der Waals surface area contributed by atoms with E-state index in [4.69, 9.17) is 9.72 Å². The van der Waals surface area contributed by atoms with E-state index in [9.17, 15) is 4.79 Å². The third kappa shape index (κ3) is 4.94. The van der Waals surface area contributed by atoms with Crippen LogP contribution in [0.15, 0.2) is 47.6 Å². The molecule has 1 saturated heterocycles. The molecule has 0 aliphatic carbocycles. The highest BCUT2D eigenvalue weighted by molar-refractivity contribution is 7.99. The van der Waals surface area contributed by atoms with E-state index in [0.717, 1.165) is 70.4 Å². The number of benzene rings is 2. The van der Waals surface area contributed by atoms with Crippen LogP contribution in [0.4, 0.5) is 10.8 Å². The Balaban J connectivity index is 1.24. The van der Waals surface area contributed by atoms with Gasteiger partial charge in [0.1, 0.15) is 0 Å². The maximum absolute atomic E-state index is 12.7. The van der Waals surface area contributed by atoms with Crippen molar-refractivity contribution in [3.63, 3.8) is 0 Å². The second-order valence-electron chi connectivity index (χ2n) is 8.04. The lowest BCUT2D eigenvalue weighted by atomic mass is 10.1. The van der Waals surface area contributed by atoms with Crippen molar-refractivity contribution in [3.05, 3.63) is 48.0 Å². The minimum Gasteiger partial charge on any atom is -0.378 e. The van der Waals surface area contributed by atoms with Crippen LogP contribution in [0.2, 0.25) is 0 Å². The summed E-state index contributed by atoms with van der Waals surface area (Å²) >= 11 is 3.04. The van der Waals surface area contributed by atoms with E-state index >= 15 is 0 Å². The molecule has 0 atom stereocenters. The van der Waals surface area contributed by atoms with Gasteiger partial charge in [-0.3, -0.25) is 4.79 Å². The fourth-order valence-corrected chi connectivity index (χ4v) is 5.74. The number of aromatic nitrogens is 4. The standard InChI is InChI=1S/C24H26N6O2S2/c1-3-30-22(17-6-4-5-16(2)13-17)27-28-24(30)33-15-21(31)25-18-7-8-19-20(14-18)34-23(26-19)29-9-11-32-12-10-29/h4-8,13-14H,3,9-12,15H2,1-2H3,(H,25,31). The summed E-state index contributed by atoms with van der Waals surface area (Å²) in [5.41, 5.74) is 3.91. The van der Waals surface area contributed by atoms with Gasteiger partial charge in [-0.15, -0.1) is 10.2 Å². The molecular weight excluding hydrogens is 468 g/mol. The Hall–Kier alpha value is -2.95. The third-order valence-electron chi connectivity index (χ3n) is 5.58. The minimum atomic E-state index is -0.0787. The molecule has 34 heavy (non-hydrogen) atoms. The fraction of sp³-hybridized carbons (Fsp3) is 0.333. The predicted molar refractivity (Wildman–Crippen MR) is 138 cm³/mol. The zero-order valence-electron chi connectivity index (χ0n) is 19.2. The SMILES string of the molecule is CCn1c(SCC(=O)Nc2ccc3nc(N4CCOCC4)sc3c2)nnc1-c1cccc(C)c1. The lowest BCUT2D eigenvalue weighted by Crippen LogP contribution is -2.36. The summed E-state index contributed by atoms with van der Waals surface area (Å²) in [6.45, 7) is 8.02. The molecular formula is C24H26N6O2S2. The van der Waals surface area contributed by atoms with Gasteiger partial charge >= 0.3 is 0 Å². The van der Waals surface area contributed by atoms with Crippen LogP contribution in [-0.4, -0.2) is 57.7 Å². The van der Waals surface area contributed by atoms with Crippen LogP contribution in [0.1, 0.15) is 12.5 Å². The lowest BCUT2D eigenvalue weighted by molar-refractivity contribution is -0.113. The fourth-order valence-electron chi connectivity index (χ4n) is 3.89. The maximum Gasteiger partial charge on any atom is 0.234 e. The van der Waals surface area contributed by atoms with Crippen molar-refractivity contribution in [2.24, 2.45) is 0 Å². The smallest absolute Gasteiger partial charge is 0.234 e. The molecule has 1 amide bonds. The Kier molecular flexibility index (Phi) is 6.80. The molecule has 1 aliphatic rings.